The van der Waals surface area contributed by atoms with Gasteiger partial charge in [0.1, 0.15) is 11.2 Å². The second kappa shape index (κ2) is 13.6. The van der Waals surface area contributed by atoms with E-state index < -0.39 is 0 Å². The molecule has 0 N–H and O–H groups in total. The Morgan fingerprint density at radius 3 is 1.65 bits per heavy atom. The number of hydrogen-bond acceptors (Lipinski definition) is 4. The molecule has 11 aromatic rings. The van der Waals surface area contributed by atoms with Gasteiger partial charge in [-0.15, -0.1) is 0 Å². The molecule has 0 atom stereocenters. The molecule has 0 aliphatic carbocycles. The maximum Gasteiger partial charge on any atom is 0.160 e. The number of furan rings is 1. The smallest absolute Gasteiger partial charge is 0.160 e. The van der Waals surface area contributed by atoms with Crippen molar-refractivity contribution < 1.29 is 4.42 Å². The van der Waals surface area contributed by atoms with Crippen molar-refractivity contribution in [3.63, 3.8) is 0 Å². The van der Waals surface area contributed by atoms with Gasteiger partial charge in [-0.05, 0) is 47.0 Å². The predicted octanol–water partition coefficient (Wildman–Crippen LogP) is 14.1. The predicted molar refractivity (Wildman–Crippen MR) is 235 cm³/mol. The number of aromatic nitrogens is 3. The molecule has 0 spiro atoms. The molecule has 0 fully saturated rings. The molecule has 0 bridgehead atoms. The fourth-order valence-electron chi connectivity index (χ4n) is 8.18. The topological polar surface area (TPSA) is 51.8 Å². The number of nitrogens with zero attached hydrogens (tertiary/aromatic N) is 3. The van der Waals surface area contributed by atoms with Gasteiger partial charge in [0.25, 0.3) is 0 Å². The normalized spacial score (nSPS) is 11.5. The zero-order valence-electron chi connectivity index (χ0n) is 30.8. The molecular weight excluding hydrogens is 695 g/mol. The highest BCUT2D eigenvalue weighted by atomic mass is 16.3. The van der Waals surface area contributed by atoms with Gasteiger partial charge in [0, 0.05) is 54.7 Å². The Bertz CT molecular complexity index is 3260. The van der Waals surface area contributed by atoms with Crippen LogP contribution in [-0.2, 0) is 0 Å². The van der Waals surface area contributed by atoms with Crippen LogP contribution in [0.2, 0.25) is 0 Å². The SMILES string of the molecule is c1ccc(-c2cccc(-c3cc(-c4ccccc4)nc(-c4ccc(-c5c6c(cc7c(-c8ccccc8)nc8ccccc8c57)oc5ccccc56)cc4)n3)c2)cc1. The third-order valence-electron chi connectivity index (χ3n) is 10.9. The van der Waals surface area contributed by atoms with E-state index in [1.165, 1.54) is 5.56 Å². The summed E-state index contributed by atoms with van der Waals surface area (Å²) in [5, 5.41) is 5.46. The van der Waals surface area contributed by atoms with E-state index in [1.54, 1.807) is 0 Å². The van der Waals surface area contributed by atoms with Crippen LogP contribution < -0.4 is 0 Å². The highest BCUT2D eigenvalue weighted by Gasteiger charge is 2.22. The molecule has 3 heterocycles. The van der Waals surface area contributed by atoms with Gasteiger partial charge in [0.05, 0.1) is 22.6 Å². The number of hydrogen-bond donors (Lipinski definition) is 0. The summed E-state index contributed by atoms with van der Waals surface area (Å²) in [6.07, 6.45) is 0. The van der Waals surface area contributed by atoms with E-state index in [1.807, 2.05) is 30.3 Å². The number of benzene rings is 8. The third-order valence-corrected chi connectivity index (χ3v) is 10.9. The third kappa shape index (κ3) is 5.74. The number of rotatable bonds is 6. The van der Waals surface area contributed by atoms with E-state index in [4.69, 9.17) is 19.4 Å². The van der Waals surface area contributed by atoms with Crippen LogP contribution in [0.3, 0.4) is 0 Å². The van der Waals surface area contributed by atoms with Crippen molar-refractivity contribution in [3.8, 4) is 67.4 Å². The Labute approximate surface area is 329 Å². The molecule has 11 rings (SSSR count). The zero-order chi connectivity index (χ0) is 37.7. The second-order valence-corrected chi connectivity index (χ2v) is 14.3. The Kier molecular flexibility index (Phi) is 7.78. The monoisotopic (exact) mass is 727 g/mol. The summed E-state index contributed by atoms with van der Waals surface area (Å²) in [6, 6.07) is 69.6. The van der Waals surface area contributed by atoms with Gasteiger partial charge < -0.3 is 4.42 Å². The van der Waals surface area contributed by atoms with Crippen molar-refractivity contribution in [2.24, 2.45) is 0 Å². The van der Waals surface area contributed by atoms with Gasteiger partial charge in [-0.25, -0.2) is 15.0 Å². The standard InChI is InChI=1S/C53H33N3O/c1-4-15-34(16-5-1)39-21-14-22-40(31-39)46-33-45(35-17-6-2-7-18-35)55-53(56-46)38-29-27-36(28-30-38)49-50-41-23-10-12-25-44(41)54-52(37-19-8-3-9-20-37)43(50)32-48-51(49)42-24-11-13-26-47(42)57-48/h1-33H. The Balaban J connectivity index is 1.13. The van der Waals surface area contributed by atoms with Crippen molar-refractivity contribution in [3.05, 3.63) is 200 Å². The summed E-state index contributed by atoms with van der Waals surface area (Å²) in [7, 11) is 0. The highest BCUT2D eigenvalue weighted by molar-refractivity contribution is 6.27. The van der Waals surface area contributed by atoms with Gasteiger partial charge in [0.15, 0.2) is 5.82 Å². The molecule has 57 heavy (non-hydrogen) atoms. The van der Waals surface area contributed by atoms with E-state index in [-0.39, 0.29) is 0 Å². The first-order valence-electron chi connectivity index (χ1n) is 19.2. The van der Waals surface area contributed by atoms with Crippen molar-refractivity contribution in [1.82, 2.24) is 15.0 Å². The molecule has 8 aromatic carbocycles. The lowest BCUT2D eigenvalue weighted by Gasteiger charge is -2.16. The van der Waals surface area contributed by atoms with E-state index in [0.717, 1.165) is 99.6 Å². The maximum absolute atomic E-state index is 6.62. The Morgan fingerprint density at radius 1 is 0.316 bits per heavy atom. The van der Waals surface area contributed by atoms with Crippen molar-refractivity contribution >= 4 is 43.6 Å². The first-order chi connectivity index (χ1) is 28.2. The van der Waals surface area contributed by atoms with Crippen LogP contribution in [0.5, 0.6) is 0 Å². The van der Waals surface area contributed by atoms with Crippen molar-refractivity contribution in [1.29, 1.82) is 0 Å². The molecule has 4 nitrogen and oxygen atoms in total. The van der Waals surface area contributed by atoms with Crippen LogP contribution in [0.4, 0.5) is 0 Å². The molecule has 0 saturated carbocycles. The molecule has 0 unspecified atom stereocenters. The molecule has 0 aliphatic rings. The number of para-hydroxylation sites is 2. The van der Waals surface area contributed by atoms with Gasteiger partial charge in [-0.1, -0.05) is 170 Å². The average Bonchev–Trinajstić information content (AvgIpc) is 3.67. The summed E-state index contributed by atoms with van der Waals surface area (Å²) < 4.78 is 6.62. The fraction of sp³-hybridized carbons (Fsp3) is 0. The zero-order valence-corrected chi connectivity index (χ0v) is 30.8. The minimum Gasteiger partial charge on any atom is -0.456 e. The average molecular weight is 728 g/mol. The molecule has 3 aromatic heterocycles. The first kappa shape index (κ1) is 32.7. The molecule has 266 valence electrons. The van der Waals surface area contributed by atoms with Crippen LogP contribution in [0.15, 0.2) is 205 Å². The van der Waals surface area contributed by atoms with Crippen molar-refractivity contribution in [2.75, 3.05) is 0 Å². The Morgan fingerprint density at radius 2 is 0.895 bits per heavy atom. The summed E-state index contributed by atoms with van der Waals surface area (Å²) >= 11 is 0. The van der Waals surface area contributed by atoms with Gasteiger partial charge in [-0.2, -0.15) is 0 Å². The van der Waals surface area contributed by atoms with Crippen LogP contribution in [0.25, 0.3) is 111 Å². The molecule has 0 saturated heterocycles. The quantitative estimate of drug-likeness (QED) is 0.160. The highest BCUT2D eigenvalue weighted by Crippen LogP contribution is 2.46. The van der Waals surface area contributed by atoms with Gasteiger partial charge >= 0.3 is 0 Å². The molecule has 0 aliphatic heterocycles. The minimum absolute atomic E-state index is 0.667. The van der Waals surface area contributed by atoms with E-state index in [0.29, 0.717) is 5.82 Å². The number of fused-ring (bicyclic) bond motifs is 6. The summed E-state index contributed by atoms with van der Waals surface area (Å²) in [6.45, 7) is 0. The fourth-order valence-corrected chi connectivity index (χ4v) is 8.18. The first-order valence-corrected chi connectivity index (χ1v) is 19.2. The van der Waals surface area contributed by atoms with Crippen LogP contribution in [-0.4, -0.2) is 15.0 Å². The molecular formula is C53H33N3O. The van der Waals surface area contributed by atoms with Crippen LogP contribution in [0, 0.1) is 0 Å². The van der Waals surface area contributed by atoms with Gasteiger partial charge in [-0.3, -0.25) is 0 Å². The van der Waals surface area contributed by atoms with Crippen molar-refractivity contribution in [2.45, 2.75) is 0 Å². The lowest BCUT2D eigenvalue weighted by molar-refractivity contribution is 0.669. The van der Waals surface area contributed by atoms with Crippen LogP contribution >= 0.6 is 0 Å². The van der Waals surface area contributed by atoms with E-state index >= 15 is 0 Å². The van der Waals surface area contributed by atoms with E-state index in [2.05, 4.69) is 170 Å². The molecule has 0 amide bonds. The minimum atomic E-state index is 0.667. The summed E-state index contributed by atoms with van der Waals surface area (Å²) in [5.41, 5.74) is 13.9. The van der Waals surface area contributed by atoms with Gasteiger partial charge in [0.2, 0.25) is 0 Å². The largest absolute Gasteiger partial charge is 0.456 e. The summed E-state index contributed by atoms with van der Waals surface area (Å²) in [4.78, 5) is 15.6. The lowest BCUT2D eigenvalue weighted by Crippen LogP contribution is -1.96. The Hall–Kier alpha value is -7.69. The second-order valence-electron chi connectivity index (χ2n) is 14.3. The summed E-state index contributed by atoms with van der Waals surface area (Å²) in [5.74, 6) is 0.667. The number of pyridine rings is 1. The molecule has 4 heteroatoms. The van der Waals surface area contributed by atoms with E-state index in [9.17, 15) is 0 Å². The maximum atomic E-state index is 6.62. The lowest BCUT2D eigenvalue weighted by atomic mass is 9.89. The van der Waals surface area contributed by atoms with Crippen LogP contribution in [0.1, 0.15) is 0 Å². The molecule has 0 radical (unpaired) electrons.